The Hall–Kier alpha value is -0.900. The minimum absolute atomic E-state index is 0.141. The molecular weight excluding hydrogens is 196 g/mol. The van der Waals surface area contributed by atoms with Gasteiger partial charge in [0.05, 0.1) is 6.54 Å². The van der Waals surface area contributed by atoms with Gasteiger partial charge in [0.2, 0.25) is 5.90 Å². The molecule has 0 spiro atoms. The standard InChI is InChI=1S/C10H14N2OS/c1-10(2,3)7-6-12-8(13-7)9-11-4-5-14-9/h4-5,7H,6H2,1-3H3. The van der Waals surface area contributed by atoms with Gasteiger partial charge in [-0.05, 0) is 0 Å². The second-order valence-electron chi connectivity index (χ2n) is 4.46. The van der Waals surface area contributed by atoms with E-state index in [0.717, 1.165) is 11.6 Å². The van der Waals surface area contributed by atoms with E-state index in [1.807, 2.05) is 5.38 Å². The number of hydrogen-bond donors (Lipinski definition) is 0. The molecule has 1 aromatic heterocycles. The molecule has 1 aliphatic heterocycles. The fourth-order valence-corrected chi connectivity index (χ4v) is 1.86. The normalized spacial score (nSPS) is 21.9. The van der Waals surface area contributed by atoms with E-state index in [4.69, 9.17) is 4.74 Å². The summed E-state index contributed by atoms with van der Waals surface area (Å²) in [7, 11) is 0. The third-order valence-corrected chi connectivity index (χ3v) is 3.00. The molecule has 1 atom stereocenters. The van der Waals surface area contributed by atoms with E-state index in [-0.39, 0.29) is 11.5 Å². The molecule has 0 radical (unpaired) electrons. The number of nitrogens with zero attached hydrogens (tertiary/aromatic N) is 2. The summed E-state index contributed by atoms with van der Waals surface area (Å²) in [5.74, 6) is 0.708. The molecule has 0 bridgehead atoms. The largest absolute Gasteiger partial charge is 0.470 e. The Balaban J connectivity index is 2.08. The summed E-state index contributed by atoms with van der Waals surface area (Å²) in [6.45, 7) is 7.24. The lowest BCUT2D eigenvalue weighted by molar-refractivity contribution is 0.103. The van der Waals surface area contributed by atoms with E-state index < -0.39 is 0 Å². The van der Waals surface area contributed by atoms with Gasteiger partial charge in [-0.25, -0.2) is 9.98 Å². The molecule has 0 N–H and O–H groups in total. The number of aromatic nitrogens is 1. The van der Waals surface area contributed by atoms with Crippen LogP contribution in [0.15, 0.2) is 16.6 Å². The van der Waals surface area contributed by atoms with Crippen LogP contribution in [0, 0.1) is 5.41 Å². The average molecular weight is 210 g/mol. The molecule has 1 aromatic rings. The van der Waals surface area contributed by atoms with Crippen LogP contribution in [0.25, 0.3) is 0 Å². The molecule has 0 saturated carbocycles. The maximum absolute atomic E-state index is 5.77. The number of rotatable bonds is 1. The maximum atomic E-state index is 5.77. The van der Waals surface area contributed by atoms with Crippen molar-refractivity contribution >= 4 is 17.2 Å². The zero-order chi connectivity index (χ0) is 10.2. The molecule has 14 heavy (non-hydrogen) atoms. The topological polar surface area (TPSA) is 34.5 Å². The Kier molecular flexibility index (Phi) is 2.31. The lowest BCUT2D eigenvalue weighted by atomic mass is 9.89. The van der Waals surface area contributed by atoms with Gasteiger partial charge >= 0.3 is 0 Å². The summed E-state index contributed by atoms with van der Waals surface area (Å²) >= 11 is 1.57. The minimum atomic E-state index is 0.141. The first-order chi connectivity index (χ1) is 6.57. The molecule has 3 nitrogen and oxygen atoms in total. The highest BCUT2D eigenvalue weighted by molar-refractivity contribution is 7.11. The summed E-state index contributed by atoms with van der Waals surface area (Å²) in [5.41, 5.74) is 0.141. The zero-order valence-electron chi connectivity index (χ0n) is 8.65. The van der Waals surface area contributed by atoms with Crippen LogP contribution < -0.4 is 0 Å². The first kappa shape index (κ1) is 9.65. The number of thiazole rings is 1. The highest BCUT2D eigenvalue weighted by Gasteiger charge is 2.32. The second-order valence-corrected chi connectivity index (χ2v) is 5.35. The van der Waals surface area contributed by atoms with Crippen LogP contribution in [-0.2, 0) is 4.74 Å². The van der Waals surface area contributed by atoms with Crippen molar-refractivity contribution in [1.29, 1.82) is 0 Å². The highest BCUT2D eigenvalue weighted by atomic mass is 32.1. The lowest BCUT2D eigenvalue weighted by Crippen LogP contribution is -2.29. The SMILES string of the molecule is CC(C)(C)C1CN=C(c2nccs2)O1. The number of ether oxygens (including phenoxy) is 1. The van der Waals surface area contributed by atoms with Gasteiger partial charge < -0.3 is 4.74 Å². The van der Waals surface area contributed by atoms with Crippen molar-refractivity contribution in [1.82, 2.24) is 4.98 Å². The van der Waals surface area contributed by atoms with Crippen molar-refractivity contribution in [3.63, 3.8) is 0 Å². The van der Waals surface area contributed by atoms with E-state index in [2.05, 4.69) is 30.7 Å². The number of hydrogen-bond acceptors (Lipinski definition) is 4. The third kappa shape index (κ3) is 1.80. The predicted octanol–water partition coefficient (Wildman–Crippen LogP) is 2.33. The highest BCUT2D eigenvalue weighted by Crippen LogP contribution is 2.27. The summed E-state index contributed by atoms with van der Waals surface area (Å²) in [5, 5.41) is 2.82. The van der Waals surface area contributed by atoms with Crippen LogP contribution >= 0.6 is 11.3 Å². The molecule has 1 unspecified atom stereocenters. The Morgan fingerprint density at radius 2 is 2.29 bits per heavy atom. The second kappa shape index (κ2) is 3.35. The molecule has 0 saturated heterocycles. The van der Waals surface area contributed by atoms with Gasteiger partial charge in [-0.15, -0.1) is 11.3 Å². The maximum Gasteiger partial charge on any atom is 0.246 e. The van der Waals surface area contributed by atoms with Crippen molar-refractivity contribution in [3.05, 3.63) is 16.6 Å². The van der Waals surface area contributed by atoms with Crippen molar-refractivity contribution in [2.75, 3.05) is 6.54 Å². The van der Waals surface area contributed by atoms with Crippen molar-refractivity contribution in [3.8, 4) is 0 Å². The Bertz CT molecular complexity index is 338. The smallest absolute Gasteiger partial charge is 0.246 e. The Morgan fingerprint density at radius 1 is 1.50 bits per heavy atom. The van der Waals surface area contributed by atoms with Gasteiger partial charge in [0.15, 0.2) is 5.01 Å². The van der Waals surface area contributed by atoms with Crippen LogP contribution in [0.3, 0.4) is 0 Å². The molecule has 0 amide bonds. The Labute approximate surface area is 87.8 Å². The first-order valence-corrected chi connectivity index (χ1v) is 5.56. The summed E-state index contributed by atoms with van der Waals surface area (Å²) in [6, 6.07) is 0. The van der Waals surface area contributed by atoms with Crippen LogP contribution in [0.4, 0.5) is 0 Å². The molecule has 0 aromatic carbocycles. The monoisotopic (exact) mass is 210 g/mol. The van der Waals surface area contributed by atoms with E-state index in [9.17, 15) is 0 Å². The average Bonchev–Trinajstić information content (AvgIpc) is 2.73. The zero-order valence-corrected chi connectivity index (χ0v) is 9.47. The van der Waals surface area contributed by atoms with Gasteiger partial charge in [0, 0.05) is 17.0 Å². The molecule has 76 valence electrons. The first-order valence-electron chi connectivity index (χ1n) is 4.68. The number of aliphatic imine (C=N–C) groups is 1. The fraction of sp³-hybridized carbons (Fsp3) is 0.600. The van der Waals surface area contributed by atoms with Gasteiger partial charge in [-0.2, -0.15) is 0 Å². The van der Waals surface area contributed by atoms with Gasteiger partial charge in [-0.1, -0.05) is 20.8 Å². The molecule has 0 fully saturated rings. The minimum Gasteiger partial charge on any atom is -0.470 e. The van der Waals surface area contributed by atoms with Crippen LogP contribution in [0.2, 0.25) is 0 Å². The summed E-state index contributed by atoms with van der Waals surface area (Å²) < 4.78 is 5.77. The van der Waals surface area contributed by atoms with Crippen molar-refractivity contribution < 1.29 is 4.74 Å². The quantitative estimate of drug-likeness (QED) is 0.713. The summed E-state index contributed by atoms with van der Waals surface area (Å²) in [4.78, 5) is 8.55. The molecular formula is C10H14N2OS. The Morgan fingerprint density at radius 3 is 2.79 bits per heavy atom. The van der Waals surface area contributed by atoms with Gasteiger partial charge in [-0.3, -0.25) is 0 Å². The molecule has 4 heteroatoms. The predicted molar refractivity (Wildman–Crippen MR) is 57.8 cm³/mol. The molecule has 2 rings (SSSR count). The van der Waals surface area contributed by atoms with Crippen molar-refractivity contribution in [2.45, 2.75) is 26.9 Å². The summed E-state index contributed by atoms with van der Waals surface area (Å²) in [6.07, 6.45) is 1.96. The van der Waals surface area contributed by atoms with E-state index in [1.54, 1.807) is 17.5 Å². The fourth-order valence-electron chi connectivity index (χ4n) is 1.27. The van der Waals surface area contributed by atoms with Crippen LogP contribution in [0.5, 0.6) is 0 Å². The van der Waals surface area contributed by atoms with Gasteiger partial charge in [0.1, 0.15) is 6.10 Å². The van der Waals surface area contributed by atoms with Gasteiger partial charge in [0.25, 0.3) is 0 Å². The molecule has 2 heterocycles. The van der Waals surface area contributed by atoms with E-state index >= 15 is 0 Å². The van der Waals surface area contributed by atoms with E-state index in [0.29, 0.717) is 5.90 Å². The van der Waals surface area contributed by atoms with Crippen molar-refractivity contribution in [2.24, 2.45) is 10.4 Å². The lowest BCUT2D eigenvalue weighted by Gasteiger charge is -2.25. The molecule has 0 aliphatic carbocycles. The third-order valence-electron chi connectivity index (χ3n) is 2.24. The van der Waals surface area contributed by atoms with Crippen LogP contribution in [-0.4, -0.2) is 23.5 Å². The molecule has 1 aliphatic rings. The van der Waals surface area contributed by atoms with E-state index in [1.165, 1.54) is 0 Å². The van der Waals surface area contributed by atoms with Crippen LogP contribution in [0.1, 0.15) is 25.8 Å².